The topological polar surface area (TPSA) is 61.0 Å². The normalized spacial score (nSPS) is 10.7. The van der Waals surface area contributed by atoms with Gasteiger partial charge in [-0.3, -0.25) is 0 Å². The molecule has 0 aliphatic carbocycles. The van der Waals surface area contributed by atoms with Crippen molar-refractivity contribution in [2.24, 2.45) is 5.73 Å². The minimum Gasteiger partial charge on any atom is -0.480 e. The highest BCUT2D eigenvalue weighted by molar-refractivity contribution is 5.86. The molecule has 0 saturated carbocycles. The molecule has 4 nitrogen and oxygen atoms in total. The van der Waals surface area contributed by atoms with Gasteiger partial charge in [-0.2, -0.15) is 4.98 Å². The fraction of sp³-hybridized carbons (Fsp3) is 0.333. The number of aryl methyl sites for hydroxylation is 1. The summed E-state index contributed by atoms with van der Waals surface area (Å²) in [6.07, 6.45) is 0.667. The molecule has 0 atom stereocenters. The van der Waals surface area contributed by atoms with Crippen molar-refractivity contribution in [3.8, 4) is 5.88 Å². The number of benzene rings is 1. The van der Waals surface area contributed by atoms with Crippen LogP contribution in [0.2, 0.25) is 0 Å². The number of hydrogen-bond acceptors (Lipinski definition) is 4. The molecule has 1 aromatic heterocycles. The van der Waals surface area contributed by atoms with E-state index in [1.807, 2.05) is 25.1 Å². The molecule has 4 heteroatoms. The van der Waals surface area contributed by atoms with Gasteiger partial charge in [-0.15, -0.1) is 0 Å². The Labute approximate surface area is 94.5 Å². The SMILES string of the molecule is COc1nc(CCN)nc2c(C)cccc12. The molecular weight excluding hydrogens is 202 g/mol. The van der Waals surface area contributed by atoms with Gasteiger partial charge in [0.1, 0.15) is 5.82 Å². The molecule has 0 amide bonds. The molecule has 1 heterocycles. The number of nitrogens with zero attached hydrogens (tertiary/aromatic N) is 2. The number of para-hydroxylation sites is 1. The molecule has 84 valence electrons. The summed E-state index contributed by atoms with van der Waals surface area (Å²) in [7, 11) is 1.62. The van der Waals surface area contributed by atoms with Gasteiger partial charge in [0.25, 0.3) is 0 Å². The Morgan fingerprint density at radius 3 is 2.81 bits per heavy atom. The summed E-state index contributed by atoms with van der Waals surface area (Å²) < 4.78 is 5.28. The fourth-order valence-electron chi connectivity index (χ4n) is 1.71. The van der Waals surface area contributed by atoms with Crippen LogP contribution >= 0.6 is 0 Å². The number of ether oxygens (including phenoxy) is 1. The third-order valence-electron chi connectivity index (χ3n) is 2.50. The van der Waals surface area contributed by atoms with Gasteiger partial charge in [0.2, 0.25) is 5.88 Å². The van der Waals surface area contributed by atoms with Crippen molar-refractivity contribution in [2.75, 3.05) is 13.7 Å². The zero-order valence-corrected chi connectivity index (χ0v) is 9.53. The second-order valence-electron chi connectivity index (χ2n) is 3.66. The Hall–Kier alpha value is -1.68. The first kappa shape index (κ1) is 10.8. The molecule has 2 rings (SSSR count). The van der Waals surface area contributed by atoms with Crippen molar-refractivity contribution in [2.45, 2.75) is 13.3 Å². The molecule has 0 spiro atoms. The maximum atomic E-state index is 5.51. The van der Waals surface area contributed by atoms with Crippen LogP contribution in [-0.4, -0.2) is 23.6 Å². The van der Waals surface area contributed by atoms with E-state index in [4.69, 9.17) is 10.5 Å². The maximum Gasteiger partial charge on any atom is 0.224 e. The average molecular weight is 217 g/mol. The van der Waals surface area contributed by atoms with Crippen molar-refractivity contribution in [1.29, 1.82) is 0 Å². The second kappa shape index (κ2) is 4.45. The van der Waals surface area contributed by atoms with E-state index in [1.165, 1.54) is 0 Å². The molecule has 0 fully saturated rings. The molecular formula is C12H15N3O. The van der Waals surface area contributed by atoms with Gasteiger partial charge in [0.15, 0.2) is 0 Å². The summed E-state index contributed by atoms with van der Waals surface area (Å²) in [4.78, 5) is 8.84. The van der Waals surface area contributed by atoms with E-state index in [-0.39, 0.29) is 0 Å². The largest absolute Gasteiger partial charge is 0.480 e. The van der Waals surface area contributed by atoms with Crippen LogP contribution in [0.25, 0.3) is 10.9 Å². The minimum absolute atomic E-state index is 0.542. The average Bonchev–Trinajstić information content (AvgIpc) is 2.30. The van der Waals surface area contributed by atoms with Crippen LogP contribution < -0.4 is 10.5 Å². The zero-order valence-electron chi connectivity index (χ0n) is 9.53. The lowest BCUT2D eigenvalue weighted by atomic mass is 10.1. The third kappa shape index (κ3) is 1.84. The lowest BCUT2D eigenvalue weighted by Gasteiger charge is -2.08. The van der Waals surface area contributed by atoms with Gasteiger partial charge in [-0.05, 0) is 25.1 Å². The lowest BCUT2D eigenvalue weighted by molar-refractivity contribution is 0.400. The van der Waals surface area contributed by atoms with Crippen LogP contribution in [0.1, 0.15) is 11.4 Å². The first-order chi connectivity index (χ1) is 7.76. The highest BCUT2D eigenvalue weighted by atomic mass is 16.5. The van der Waals surface area contributed by atoms with Gasteiger partial charge in [0.05, 0.1) is 18.0 Å². The number of fused-ring (bicyclic) bond motifs is 1. The zero-order chi connectivity index (χ0) is 11.5. The first-order valence-electron chi connectivity index (χ1n) is 5.26. The summed E-state index contributed by atoms with van der Waals surface area (Å²) in [6, 6.07) is 5.97. The summed E-state index contributed by atoms with van der Waals surface area (Å²) in [6.45, 7) is 2.57. The van der Waals surface area contributed by atoms with Crippen molar-refractivity contribution >= 4 is 10.9 Å². The molecule has 0 aliphatic rings. The monoisotopic (exact) mass is 217 g/mol. The molecule has 1 aromatic carbocycles. The van der Waals surface area contributed by atoms with Gasteiger partial charge < -0.3 is 10.5 Å². The Bertz CT molecular complexity index is 511. The third-order valence-corrected chi connectivity index (χ3v) is 2.50. The van der Waals surface area contributed by atoms with Crippen LogP contribution in [0.3, 0.4) is 0 Å². The van der Waals surface area contributed by atoms with E-state index in [0.717, 1.165) is 22.3 Å². The Balaban J connectivity index is 2.69. The molecule has 2 N–H and O–H groups in total. The summed E-state index contributed by atoms with van der Waals surface area (Å²) in [5, 5.41) is 0.947. The van der Waals surface area contributed by atoms with Crippen molar-refractivity contribution in [1.82, 2.24) is 9.97 Å². The van der Waals surface area contributed by atoms with Crippen molar-refractivity contribution < 1.29 is 4.74 Å². The standard InChI is InChI=1S/C12H15N3O/c1-8-4-3-5-9-11(8)14-10(6-7-13)15-12(9)16-2/h3-5H,6-7,13H2,1-2H3. The predicted molar refractivity (Wildman–Crippen MR) is 63.6 cm³/mol. The Kier molecular flexibility index (Phi) is 3.01. The smallest absolute Gasteiger partial charge is 0.224 e. The van der Waals surface area contributed by atoms with Gasteiger partial charge in [0, 0.05) is 6.42 Å². The van der Waals surface area contributed by atoms with Crippen LogP contribution in [0.15, 0.2) is 18.2 Å². The van der Waals surface area contributed by atoms with Gasteiger partial charge >= 0.3 is 0 Å². The van der Waals surface area contributed by atoms with E-state index >= 15 is 0 Å². The lowest BCUT2D eigenvalue weighted by Crippen LogP contribution is -2.07. The summed E-state index contributed by atoms with van der Waals surface area (Å²) in [5.41, 5.74) is 7.58. The number of hydrogen-bond donors (Lipinski definition) is 1. The van der Waals surface area contributed by atoms with E-state index in [2.05, 4.69) is 9.97 Å². The number of methoxy groups -OCH3 is 1. The fourth-order valence-corrected chi connectivity index (χ4v) is 1.71. The molecule has 0 aliphatic heterocycles. The summed E-state index contributed by atoms with van der Waals surface area (Å²) in [5.74, 6) is 1.36. The van der Waals surface area contributed by atoms with Crippen LogP contribution in [0.5, 0.6) is 5.88 Å². The van der Waals surface area contributed by atoms with Gasteiger partial charge in [-0.1, -0.05) is 12.1 Å². The number of nitrogens with two attached hydrogens (primary N) is 1. The first-order valence-corrected chi connectivity index (χ1v) is 5.26. The highest BCUT2D eigenvalue weighted by Gasteiger charge is 2.08. The molecule has 2 aromatic rings. The molecule has 16 heavy (non-hydrogen) atoms. The Morgan fingerprint density at radius 1 is 1.31 bits per heavy atom. The van der Waals surface area contributed by atoms with Crippen LogP contribution in [-0.2, 0) is 6.42 Å². The molecule has 0 bridgehead atoms. The van der Waals surface area contributed by atoms with E-state index in [0.29, 0.717) is 18.8 Å². The van der Waals surface area contributed by atoms with Gasteiger partial charge in [-0.25, -0.2) is 4.98 Å². The van der Waals surface area contributed by atoms with E-state index in [1.54, 1.807) is 7.11 Å². The molecule has 0 saturated heterocycles. The van der Waals surface area contributed by atoms with Crippen molar-refractivity contribution in [3.63, 3.8) is 0 Å². The quantitative estimate of drug-likeness (QED) is 0.845. The van der Waals surface area contributed by atoms with Crippen LogP contribution in [0, 0.1) is 6.92 Å². The van der Waals surface area contributed by atoms with Crippen molar-refractivity contribution in [3.05, 3.63) is 29.6 Å². The minimum atomic E-state index is 0.542. The number of aromatic nitrogens is 2. The maximum absolute atomic E-state index is 5.51. The number of rotatable bonds is 3. The Morgan fingerprint density at radius 2 is 2.12 bits per heavy atom. The van der Waals surface area contributed by atoms with E-state index in [9.17, 15) is 0 Å². The summed E-state index contributed by atoms with van der Waals surface area (Å²) >= 11 is 0. The van der Waals surface area contributed by atoms with E-state index < -0.39 is 0 Å². The predicted octanol–water partition coefficient (Wildman–Crippen LogP) is 1.45. The van der Waals surface area contributed by atoms with Crippen LogP contribution in [0.4, 0.5) is 0 Å². The second-order valence-corrected chi connectivity index (χ2v) is 3.66. The molecule has 0 radical (unpaired) electrons. The highest BCUT2D eigenvalue weighted by Crippen LogP contribution is 2.24. The molecule has 0 unspecified atom stereocenters.